The minimum Gasteiger partial charge on any atom is -0.311 e. The van der Waals surface area contributed by atoms with Crippen LogP contribution in [0, 0.1) is 0 Å². The molecule has 2 N–H and O–H groups in total. The molecule has 4 rings (SSSR count). The summed E-state index contributed by atoms with van der Waals surface area (Å²) in [7, 11) is 1.56. The molecule has 0 fully saturated rings. The second-order valence-corrected chi connectivity index (χ2v) is 7.86. The fraction of sp³-hybridized carbons (Fsp3) is 0.125. The van der Waals surface area contributed by atoms with Crippen molar-refractivity contribution in [2.75, 3.05) is 17.3 Å². The van der Waals surface area contributed by atoms with E-state index in [0.717, 1.165) is 17.7 Å². The minimum atomic E-state index is -4.69. The Bertz CT molecular complexity index is 1280. The number of anilines is 2. The van der Waals surface area contributed by atoms with Crippen LogP contribution in [0.25, 0.3) is 0 Å². The van der Waals surface area contributed by atoms with E-state index >= 15 is 0 Å². The molecule has 0 saturated carbocycles. The third kappa shape index (κ3) is 4.74. The molecule has 10 heteroatoms. The van der Waals surface area contributed by atoms with E-state index in [-0.39, 0.29) is 5.69 Å². The van der Waals surface area contributed by atoms with Crippen molar-refractivity contribution in [2.24, 2.45) is 4.99 Å². The maximum absolute atomic E-state index is 13.1. The third-order valence-corrected chi connectivity index (χ3v) is 5.52. The first-order valence-electron chi connectivity index (χ1n) is 10.1. The average Bonchev–Trinajstić information content (AvgIpc) is 2.91. The lowest BCUT2D eigenvalue weighted by molar-refractivity contribution is -0.137. The molecule has 3 amide bonds. The zero-order valence-electron chi connectivity index (χ0n) is 17.7. The summed E-state index contributed by atoms with van der Waals surface area (Å²) in [5.41, 5.74) is 1.30. The first kappa shape index (κ1) is 23.3. The highest BCUT2D eigenvalue weighted by molar-refractivity contribution is 6.31. The lowest BCUT2D eigenvalue weighted by atomic mass is 10.0. The minimum absolute atomic E-state index is 0.140. The number of hydrogen-bond donors (Lipinski definition) is 2. The Balaban J connectivity index is 1.65. The first-order valence-corrected chi connectivity index (χ1v) is 10.5. The second-order valence-electron chi connectivity index (χ2n) is 7.45. The number of nitrogens with one attached hydrogen (secondary N) is 2. The molecule has 0 spiro atoms. The van der Waals surface area contributed by atoms with E-state index in [2.05, 4.69) is 15.6 Å². The zero-order valence-corrected chi connectivity index (χ0v) is 18.5. The number of rotatable bonds is 3. The number of hydrogen-bond acceptors (Lipinski definition) is 3. The van der Waals surface area contributed by atoms with E-state index in [1.54, 1.807) is 19.2 Å². The first-order chi connectivity index (χ1) is 16.1. The van der Waals surface area contributed by atoms with E-state index < -0.39 is 34.9 Å². The van der Waals surface area contributed by atoms with Crippen LogP contribution in [0.1, 0.15) is 16.7 Å². The van der Waals surface area contributed by atoms with Crippen molar-refractivity contribution in [1.29, 1.82) is 0 Å². The van der Waals surface area contributed by atoms with Crippen molar-refractivity contribution in [2.45, 2.75) is 12.3 Å². The quantitative estimate of drug-likeness (QED) is 0.526. The Hall–Kier alpha value is -3.85. The number of carbonyl (C=O) groups is 2. The molecular weight excluding hydrogens is 469 g/mol. The summed E-state index contributed by atoms with van der Waals surface area (Å²) in [5, 5.41) is 4.27. The predicted molar refractivity (Wildman–Crippen MR) is 124 cm³/mol. The zero-order chi connectivity index (χ0) is 24.5. The number of likely N-dealkylation sites (N-methyl/N-ethyl adjacent to an activating group) is 1. The average molecular weight is 487 g/mol. The molecule has 34 heavy (non-hydrogen) atoms. The largest absolute Gasteiger partial charge is 0.417 e. The molecule has 1 aliphatic heterocycles. The van der Waals surface area contributed by atoms with Crippen LogP contribution < -0.4 is 15.5 Å². The van der Waals surface area contributed by atoms with Gasteiger partial charge >= 0.3 is 12.2 Å². The van der Waals surface area contributed by atoms with Gasteiger partial charge in [0.05, 0.1) is 22.0 Å². The molecule has 0 saturated heterocycles. The van der Waals surface area contributed by atoms with Crippen LogP contribution in [0.3, 0.4) is 0 Å². The summed E-state index contributed by atoms with van der Waals surface area (Å²) in [6.07, 6.45) is -6.01. The number of fused-ring (bicyclic) bond motifs is 1. The molecule has 1 heterocycles. The second kappa shape index (κ2) is 9.18. The number of amides is 3. The van der Waals surface area contributed by atoms with Gasteiger partial charge in [0.15, 0.2) is 0 Å². The number of aliphatic imine (C=N–C) groups is 1. The van der Waals surface area contributed by atoms with Crippen LogP contribution in [0.15, 0.2) is 77.8 Å². The van der Waals surface area contributed by atoms with Gasteiger partial charge in [-0.3, -0.25) is 4.79 Å². The van der Waals surface area contributed by atoms with Crippen LogP contribution in [0.4, 0.5) is 29.3 Å². The van der Waals surface area contributed by atoms with E-state index in [4.69, 9.17) is 11.6 Å². The van der Waals surface area contributed by atoms with Gasteiger partial charge in [0, 0.05) is 23.9 Å². The van der Waals surface area contributed by atoms with E-state index in [0.29, 0.717) is 17.0 Å². The third-order valence-electron chi connectivity index (χ3n) is 5.19. The standard InChI is InChI=1S/C24H18ClF3N4O2/c1-32-19-10-6-5-9-16(19)20(14-7-3-2-4-8-14)30-21(22(32)33)31-23(34)29-15-11-12-18(25)17(13-15)24(26,27)28/h2-13,21H,1H3,(H2,29,31,34)/t21-/m1/s1. The van der Waals surface area contributed by atoms with Crippen molar-refractivity contribution in [3.8, 4) is 0 Å². The maximum Gasteiger partial charge on any atom is 0.417 e. The number of benzodiazepines with no additional fused rings is 1. The van der Waals surface area contributed by atoms with Crippen molar-refractivity contribution in [3.63, 3.8) is 0 Å². The normalized spacial score (nSPS) is 15.8. The lowest BCUT2D eigenvalue weighted by Crippen LogP contribution is -2.47. The molecule has 6 nitrogen and oxygen atoms in total. The Morgan fingerprint density at radius 2 is 1.71 bits per heavy atom. The molecule has 174 valence electrons. The Morgan fingerprint density at radius 3 is 2.41 bits per heavy atom. The molecule has 0 aliphatic carbocycles. The Labute approximate surface area is 198 Å². The van der Waals surface area contributed by atoms with Crippen molar-refractivity contribution in [1.82, 2.24) is 5.32 Å². The molecular formula is C24H18ClF3N4O2. The number of para-hydroxylation sites is 1. The number of nitrogens with zero attached hydrogens (tertiary/aromatic N) is 2. The smallest absolute Gasteiger partial charge is 0.311 e. The van der Waals surface area contributed by atoms with Crippen LogP contribution in [0.2, 0.25) is 5.02 Å². The summed E-state index contributed by atoms with van der Waals surface area (Å²) in [6, 6.07) is 18.4. The van der Waals surface area contributed by atoms with Crippen molar-refractivity contribution in [3.05, 3.63) is 94.5 Å². The van der Waals surface area contributed by atoms with Crippen LogP contribution in [-0.2, 0) is 11.0 Å². The fourth-order valence-corrected chi connectivity index (χ4v) is 3.78. The SMILES string of the molecule is CN1C(=O)[C@@H](NC(=O)Nc2ccc(Cl)c(C(F)(F)F)c2)N=C(c2ccccc2)c2ccccc21. The molecule has 0 bridgehead atoms. The fourth-order valence-electron chi connectivity index (χ4n) is 3.55. The highest BCUT2D eigenvalue weighted by Crippen LogP contribution is 2.36. The number of alkyl halides is 3. The Kier molecular flexibility index (Phi) is 6.30. The highest BCUT2D eigenvalue weighted by atomic mass is 35.5. The molecule has 1 aliphatic rings. The maximum atomic E-state index is 13.1. The molecule has 1 atom stereocenters. The number of urea groups is 1. The number of carbonyl (C=O) groups excluding carboxylic acids is 2. The predicted octanol–water partition coefficient (Wildman–Crippen LogP) is 5.32. The van der Waals surface area contributed by atoms with Crippen molar-refractivity contribution >= 4 is 40.6 Å². The van der Waals surface area contributed by atoms with Gasteiger partial charge < -0.3 is 15.5 Å². The van der Waals surface area contributed by atoms with Gasteiger partial charge in [-0.15, -0.1) is 0 Å². The molecule has 0 aromatic heterocycles. The highest BCUT2D eigenvalue weighted by Gasteiger charge is 2.34. The van der Waals surface area contributed by atoms with Gasteiger partial charge in [-0.2, -0.15) is 13.2 Å². The lowest BCUT2D eigenvalue weighted by Gasteiger charge is -2.21. The van der Waals surface area contributed by atoms with Gasteiger partial charge in [0.2, 0.25) is 6.17 Å². The molecule has 3 aromatic carbocycles. The van der Waals surface area contributed by atoms with E-state index in [1.807, 2.05) is 42.5 Å². The van der Waals surface area contributed by atoms with Gasteiger partial charge in [-0.25, -0.2) is 9.79 Å². The van der Waals surface area contributed by atoms with E-state index in [9.17, 15) is 22.8 Å². The van der Waals surface area contributed by atoms with Gasteiger partial charge in [0.1, 0.15) is 0 Å². The van der Waals surface area contributed by atoms with E-state index in [1.165, 1.54) is 11.0 Å². The summed E-state index contributed by atoms with van der Waals surface area (Å²) in [4.78, 5) is 31.6. The number of halogens is 4. The Morgan fingerprint density at radius 1 is 1.03 bits per heavy atom. The van der Waals surface area contributed by atoms with Gasteiger partial charge in [-0.05, 0) is 24.3 Å². The van der Waals surface area contributed by atoms with Crippen LogP contribution in [-0.4, -0.2) is 30.9 Å². The van der Waals surface area contributed by atoms with Crippen LogP contribution >= 0.6 is 11.6 Å². The summed E-state index contributed by atoms with van der Waals surface area (Å²) in [6.45, 7) is 0. The molecule has 0 unspecified atom stereocenters. The monoisotopic (exact) mass is 486 g/mol. The molecule has 3 aromatic rings. The van der Waals surface area contributed by atoms with Gasteiger partial charge in [0.25, 0.3) is 5.91 Å². The summed E-state index contributed by atoms with van der Waals surface area (Å²) in [5.74, 6) is -0.513. The van der Waals surface area contributed by atoms with Crippen molar-refractivity contribution < 1.29 is 22.8 Å². The topological polar surface area (TPSA) is 73.8 Å². The van der Waals surface area contributed by atoms with Crippen LogP contribution in [0.5, 0.6) is 0 Å². The van der Waals surface area contributed by atoms with Gasteiger partial charge in [-0.1, -0.05) is 60.1 Å². The summed E-state index contributed by atoms with van der Waals surface area (Å²) < 4.78 is 39.4. The molecule has 0 radical (unpaired) electrons. The number of benzene rings is 3. The summed E-state index contributed by atoms with van der Waals surface area (Å²) >= 11 is 5.63.